The van der Waals surface area contributed by atoms with Gasteiger partial charge in [-0.05, 0) is 80.8 Å². The van der Waals surface area contributed by atoms with Crippen molar-refractivity contribution in [1.29, 1.82) is 0 Å². The van der Waals surface area contributed by atoms with Gasteiger partial charge < -0.3 is 24.8 Å². The van der Waals surface area contributed by atoms with E-state index in [1.165, 1.54) is 28.1 Å². The second kappa shape index (κ2) is 12.7. The summed E-state index contributed by atoms with van der Waals surface area (Å²) in [5, 5.41) is 2.86. The van der Waals surface area contributed by atoms with Gasteiger partial charge in [0.2, 0.25) is 0 Å². The molecule has 1 N–H and O–H groups in total. The highest BCUT2D eigenvalue weighted by Crippen LogP contribution is 2.34. The molecule has 6 nitrogen and oxygen atoms in total. The van der Waals surface area contributed by atoms with Crippen LogP contribution < -0.4 is 20.0 Å². The summed E-state index contributed by atoms with van der Waals surface area (Å²) in [5.41, 5.74) is 6.76. The lowest BCUT2D eigenvalue weighted by Gasteiger charge is -2.26. The maximum atomic E-state index is 12.0. The van der Waals surface area contributed by atoms with Gasteiger partial charge in [-0.15, -0.1) is 0 Å². The van der Waals surface area contributed by atoms with Crippen molar-refractivity contribution >= 4 is 23.2 Å². The van der Waals surface area contributed by atoms with Crippen LogP contribution in [0.3, 0.4) is 0 Å². The molecule has 0 unspecified atom stereocenters. The molecule has 0 heterocycles. The number of benzene rings is 3. The van der Waals surface area contributed by atoms with Gasteiger partial charge in [0.25, 0.3) is 0 Å². The topological polar surface area (TPSA) is 48.1 Å². The van der Waals surface area contributed by atoms with Crippen molar-refractivity contribution in [1.82, 2.24) is 5.32 Å². The molecule has 3 rings (SSSR count). The molecule has 0 aromatic heterocycles. The predicted octanol–water partition coefficient (Wildman–Crippen LogP) is 6.35. The molecule has 204 valence electrons. The monoisotopic (exact) mass is 516 g/mol. The van der Waals surface area contributed by atoms with E-state index < -0.39 is 5.60 Å². The van der Waals surface area contributed by atoms with E-state index in [2.05, 4.69) is 128 Å². The molecular formula is C32H44N4O2. The fourth-order valence-corrected chi connectivity index (χ4v) is 4.46. The Kier molecular flexibility index (Phi) is 9.67. The van der Waals surface area contributed by atoms with Crippen molar-refractivity contribution in [3.8, 4) is 0 Å². The normalized spacial score (nSPS) is 11.3. The van der Waals surface area contributed by atoms with Gasteiger partial charge in [0.1, 0.15) is 5.60 Å². The van der Waals surface area contributed by atoms with E-state index in [1.54, 1.807) is 0 Å². The number of likely N-dealkylation sites (N-methyl/N-ethyl adjacent to an activating group) is 1. The van der Waals surface area contributed by atoms with Crippen LogP contribution in [0.15, 0.2) is 72.8 Å². The lowest BCUT2D eigenvalue weighted by molar-refractivity contribution is 0.0529. The van der Waals surface area contributed by atoms with Crippen LogP contribution in [0.25, 0.3) is 0 Å². The van der Waals surface area contributed by atoms with Crippen molar-refractivity contribution in [3.63, 3.8) is 0 Å². The fourth-order valence-electron chi connectivity index (χ4n) is 4.46. The summed E-state index contributed by atoms with van der Waals surface area (Å²) in [6.45, 7) is 9.80. The van der Waals surface area contributed by atoms with Crippen molar-refractivity contribution in [2.75, 3.05) is 62.5 Å². The molecule has 3 aromatic carbocycles. The summed E-state index contributed by atoms with van der Waals surface area (Å²) in [6, 6.07) is 26.5. The Balaban J connectivity index is 1.82. The van der Waals surface area contributed by atoms with E-state index >= 15 is 0 Å². The number of anilines is 3. The zero-order valence-electron chi connectivity index (χ0n) is 24.3. The van der Waals surface area contributed by atoms with Gasteiger partial charge >= 0.3 is 6.09 Å². The highest BCUT2D eigenvalue weighted by Gasteiger charge is 2.19. The minimum absolute atomic E-state index is 0.125. The van der Waals surface area contributed by atoms with Crippen LogP contribution >= 0.6 is 0 Å². The van der Waals surface area contributed by atoms with Gasteiger partial charge in [0.15, 0.2) is 0 Å². The van der Waals surface area contributed by atoms with Gasteiger partial charge in [-0.2, -0.15) is 0 Å². The average Bonchev–Trinajstić information content (AvgIpc) is 2.87. The molecule has 0 aliphatic rings. The fraction of sp³-hybridized carbons (Fsp3) is 0.406. The molecule has 0 saturated carbocycles. The first kappa shape index (κ1) is 28.9. The lowest BCUT2D eigenvalue weighted by Crippen LogP contribution is -2.38. The minimum Gasteiger partial charge on any atom is -0.444 e. The summed E-state index contributed by atoms with van der Waals surface area (Å²) in [4.78, 5) is 18.5. The number of carbonyl (C=O) groups is 1. The molecule has 1 amide bonds. The van der Waals surface area contributed by atoms with Crippen molar-refractivity contribution in [2.45, 2.75) is 39.2 Å². The quantitative estimate of drug-likeness (QED) is 0.318. The van der Waals surface area contributed by atoms with Crippen LogP contribution in [0.1, 0.15) is 50.3 Å². The van der Waals surface area contributed by atoms with Crippen LogP contribution in [0, 0.1) is 0 Å². The molecule has 0 radical (unpaired) electrons. The van der Waals surface area contributed by atoms with E-state index in [4.69, 9.17) is 4.74 Å². The maximum Gasteiger partial charge on any atom is 0.407 e. The van der Waals surface area contributed by atoms with Crippen LogP contribution in [-0.2, 0) is 4.74 Å². The largest absolute Gasteiger partial charge is 0.444 e. The number of carbonyl (C=O) groups excluding carboxylic acids is 1. The highest BCUT2D eigenvalue weighted by molar-refractivity contribution is 5.67. The van der Waals surface area contributed by atoms with Gasteiger partial charge in [0.05, 0.1) is 0 Å². The maximum absolute atomic E-state index is 12.0. The predicted molar refractivity (Wildman–Crippen MR) is 161 cm³/mol. The molecule has 0 bridgehead atoms. The SMILES string of the molecule is CCN(CCNC(=O)OC(C)(C)C)c1ccc(C(c2ccc(N(C)C)cc2)c2ccc(N(C)C)cc2)cc1. The van der Waals surface area contributed by atoms with E-state index in [9.17, 15) is 4.79 Å². The Labute approximate surface area is 229 Å². The average molecular weight is 517 g/mol. The first-order valence-electron chi connectivity index (χ1n) is 13.3. The van der Waals surface area contributed by atoms with Crippen LogP contribution in [0.4, 0.5) is 21.9 Å². The molecular weight excluding hydrogens is 472 g/mol. The lowest BCUT2D eigenvalue weighted by atomic mass is 9.85. The number of hydrogen-bond donors (Lipinski definition) is 1. The number of nitrogens with zero attached hydrogens (tertiary/aromatic N) is 3. The molecule has 0 aliphatic heterocycles. The second-order valence-electron chi connectivity index (χ2n) is 11.0. The summed E-state index contributed by atoms with van der Waals surface area (Å²) in [7, 11) is 8.25. The third kappa shape index (κ3) is 7.91. The summed E-state index contributed by atoms with van der Waals surface area (Å²) >= 11 is 0. The standard InChI is InChI=1S/C32H44N4O2/c1-9-36(23-22-33-31(37)38-32(2,3)4)29-20-14-26(15-21-29)30(24-10-16-27(17-11-24)34(5)6)25-12-18-28(19-13-25)35(7)8/h10-21,30H,9,22-23H2,1-8H3,(H,33,37). The molecule has 0 fully saturated rings. The molecule has 6 heteroatoms. The summed E-state index contributed by atoms with van der Waals surface area (Å²) in [5.74, 6) is 0.125. The van der Waals surface area contributed by atoms with E-state index in [0.29, 0.717) is 13.1 Å². The smallest absolute Gasteiger partial charge is 0.407 e. The molecule has 0 atom stereocenters. The number of ether oxygens (including phenoxy) is 1. The Hall–Kier alpha value is -3.67. The first-order chi connectivity index (χ1) is 18.0. The highest BCUT2D eigenvalue weighted by atomic mass is 16.6. The molecule has 0 saturated heterocycles. The van der Waals surface area contributed by atoms with Crippen molar-refractivity contribution in [3.05, 3.63) is 89.5 Å². The minimum atomic E-state index is -0.500. The second-order valence-corrected chi connectivity index (χ2v) is 11.0. The van der Waals surface area contributed by atoms with Gasteiger partial charge in [-0.25, -0.2) is 4.79 Å². The number of amides is 1. The number of nitrogens with one attached hydrogen (secondary N) is 1. The first-order valence-corrected chi connectivity index (χ1v) is 13.3. The van der Waals surface area contributed by atoms with Crippen molar-refractivity contribution in [2.24, 2.45) is 0 Å². The van der Waals surface area contributed by atoms with Crippen LogP contribution in [0.5, 0.6) is 0 Å². The molecule has 38 heavy (non-hydrogen) atoms. The van der Waals surface area contributed by atoms with Crippen molar-refractivity contribution < 1.29 is 9.53 Å². The zero-order valence-corrected chi connectivity index (χ0v) is 24.3. The van der Waals surface area contributed by atoms with Crippen LogP contribution in [-0.4, -0.2) is 59.5 Å². The Morgan fingerprint density at radius 2 is 1.13 bits per heavy atom. The third-order valence-corrected chi connectivity index (χ3v) is 6.51. The molecule has 0 spiro atoms. The number of rotatable bonds is 10. The summed E-state index contributed by atoms with van der Waals surface area (Å²) < 4.78 is 5.35. The van der Waals surface area contributed by atoms with E-state index in [0.717, 1.165) is 12.2 Å². The van der Waals surface area contributed by atoms with Gasteiger partial charge in [0, 0.05) is 70.8 Å². The van der Waals surface area contributed by atoms with Gasteiger partial charge in [-0.1, -0.05) is 36.4 Å². The summed E-state index contributed by atoms with van der Waals surface area (Å²) in [6.07, 6.45) is -0.382. The number of hydrogen-bond acceptors (Lipinski definition) is 5. The Morgan fingerprint density at radius 3 is 1.47 bits per heavy atom. The Morgan fingerprint density at radius 1 is 0.737 bits per heavy atom. The third-order valence-electron chi connectivity index (χ3n) is 6.51. The van der Waals surface area contributed by atoms with Crippen LogP contribution in [0.2, 0.25) is 0 Å². The van der Waals surface area contributed by atoms with Gasteiger partial charge in [-0.3, -0.25) is 0 Å². The number of alkyl carbamates (subject to hydrolysis) is 1. The molecule has 0 aliphatic carbocycles. The Bertz CT molecular complexity index is 1100. The zero-order chi connectivity index (χ0) is 27.9. The van der Waals surface area contributed by atoms with E-state index in [1.807, 2.05) is 20.8 Å². The van der Waals surface area contributed by atoms with E-state index in [-0.39, 0.29) is 12.0 Å². The molecule has 3 aromatic rings.